The molecule has 3 rings (SSSR count). The summed E-state index contributed by atoms with van der Waals surface area (Å²) in [5.41, 5.74) is 7.76. The van der Waals surface area contributed by atoms with E-state index in [0.717, 1.165) is 5.69 Å². The predicted molar refractivity (Wildman–Crippen MR) is 110 cm³/mol. The Labute approximate surface area is 174 Å². The maximum Gasteiger partial charge on any atom is 0.357 e. The van der Waals surface area contributed by atoms with Crippen molar-refractivity contribution in [3.63, 3.8) is 0 Å². The Morgan fingerprint density at radius 3 is 2.63 bits per heavy atom. The normalized spacial score (nSPS) is 13.6. The molecule has 1 aromatic heterocycles. The van der Waals surface area contributed by atoms with Crippen molar-refractivity contribution in [2.24, 2.45) is 0 Å². The molecule has 0 aliphatic carbocycles. The molecule has 9 heteroatoms. The van der Waals surface area contributed by atoms with Gasteiger partial charge >= 0.3 is 11.9 Å². The van der Waals surface area contributed by atoms with Gasteiger partial charge in [0.15, 0.2) is 5.69 Å². The summed E-state index contributed by atoms with van der Waals surface area (Å²) in [6.07, 6.45) is 2.15. The second-order valence-corrected chi connectivity index (χ2v) is 6.72. The van der Waals surface area contributed by atoms with Crippen LogP contribution in [0.15, 0.2) is 24.4 Å². The minimum atomic E-state index is -0.679. The number of hydrogen-bond acceptors (Lipinski definition) is 8. The lowest BCUT2D eigenvalue weighted by molar-refractivity contribution is 0.0504. The van der Waals surface area contributed by atoms with Crippen molar-refractivity contribution >= 4 is 23.3 Å². The quantitative estimate of drug-likeness (QED) is 0.717. The molecule has 2 heterocycles. The summed E-state index contributed by atoms with van der Waals surface area (Å²) in [5.74, 6) is -1.14. The second-order valence-electron chi connectivity index (χ2n) is 6.72. The number of nitrogen functional groups attached to an aromatic ring is 1. The molecule has 2 aromatic rings. The number of morpholine rings is 1. The van der Waals surface area contributed by atoms with Crippen LogP contribution in [0, 0.1) is 11.3 Å². The zero-order chi connectivity index (χ0) is 21.7. The second kappa shape index (κ2) is 9.33. The van der Waals surface area contributed by atoms with Gasteiger partial charge in [-0.05, 0) is 24.6 Å². The number of nitriles is 1. The van der Waals surface area contributed by atoms with E-state index in [1.165, 1.54) is 17.9 Å². The number of nitrogens with two attached hydrogens (primary N) is 1. The number of anilines is 2. The number of benzene rings is 1. The number of esters is 2. The van der Waals surface area contributed by atoms with Crippen molar-refractivity contribution in [2.45, 2.75) is 13.3 Å². The Hall–Kier alpha value is -3.51. The molecule has 0 amide bonds. The first-order valence-electron chi connectivity index (χ1n) is 9.65. The average Bonchev–Trinajstić information content (AvgIpc) is 3.13. The highest BCUT2D eigenvalue weighted by molar-refractivity contribution is 5.98. The van der Waals surface area contributed by atoms with Crippen LogP contribution in [0.3, 0.4) is 0 Å². The summed E-state index contributed by atoms with van der Waals surface area (Å²) < 4.78 is 17.1. The highest BCUT2D eigenvalue weighted by atomic mass is 16.5. The van der Waals surface area contributed by atoms with E-state index < -0.39 is 11.9 Å². The lowest BCUT2D eigenvalue weighted by Crippen LogP contribution is -2.37. The molecule has 0 saturated carbocycles. The number of carbonyl (C=O) groups is 2. The van der Waals surface area contributed by atoms with Gasteiger partial charge in [0, 0.05) is 25.0 Å². The number of hydrogen-bond donors (Lipinski definition) is 1. The molecular formula is C21H24N4O5. The molecule has 9 nitrogen and oxygen atoms in total. The number of rotatable bonds is 6. The van der Waals surface area contributed by atoms with Gasteiger partial charge in [-0.1, -0.05) is 6.92 Å². The Kier molecular flexibility index (Phi) is 6.59. The van der Waals surface area contributed by atoms with Crippen molar-refractivity contribution in [3.8, 4) is 11.8 Å². The zero-order valence-corrected chi connectivity index (χ0v) is 17.0. The summed E-state index contributed by atoms with van der Waals surface area (Å²) >= 11 is 0. The summed E-state index contributed by atoms with van der Waals surface area (Å²) in [7, 11) is 1.24. The van der Waals surface area contributed by atoms with Gasteiger partial charge in [0.05, 0.1) is 49.4 Å². The third-order valence-corrected chi connectivity index (χ3v) is 4.81. The van der Waals surface area contributed by atoms with Crippen molar-refractivity contribution in [1.82, 2.24) is 4.57 Å². The van der Waals surface area contributed by atoms with Crippen LogP contribution in [0.4, 0.5) is 11.4 Å². The molecule has 1 aliphatic rings. The number of methoxy groups -OCH3 is 1. The summed E-state index contributed by atoms with van der Waals surface area (Å²) in [6, 6.07) is 7.16. The van der Waals surface area contributed by atoms with Crippen LogP contribution in [-0.2, 0) is 14.2 Å². The van der Waals surface area contributed by atoms with Crippen molar-refractivity contribution in [2.75, 3.05) is 50.7 Å². The first-order valence-corrected chi connectivity index (χ1v) is 9.65. The van der Waals surface area contributed by atoms with E-state index in [0.29, 0.717) is 50.6 Å². The molecular weight excluding hydrogens is 388 g/mol. The molecule has 1 fully saturated rings. The molecule has 0 atom stereocenters. The van der Waals surface area contributed by atoms with E-state index >= 15 is 0 Å². The van der Waals surface area contributed by atoms with Gasteiger partial charge in [-0.2, -0.15) is 5.26 Å². The summed E-state index contributed by atoms with van der Waals surface area (Å²) in [5, 5.41) is 9.32. The average molecular weight is 412 g/mol. The first-order chi connectivity index (χ1) is 14.5. The highest BCUT2D eigenvalue weighted by Crippen LogP contribution is 2.29. The fraction of sp³-hybridized carbons (Fsp3) is 0.381. The minimum Gasteiger partial charge on any atom is -0.464 e. The zero-order valence-electron chi connectivity index (χ0n) is 17.0. The third kappa shape index (κ3) is 4.09. The Morgan fingerprint density at radius 1 is 1.27 bits per heavy atom. The van der Waals surface area contributed by atoms with Crippen LogP contribution in [-0.4, -0.2) is 56.5 Å². The van der Waals surface area contributed by atoms with E-state index in [-0.39, 0.29) is 16.9 Å². The van der Waals surface area contributed by atoms with Gasteiger partial charge in [0.2, 0.25) is 0 Å². The van der Waals surface area contributed by atoms with Crippen LogP contribution in [0.2, 0.25) is 0 Å². The molecule has 1 saturated heterocycles. The number of nitrogens with zero attached hydrogens (tertiary/aromatic N) is 3. The molecule has 158 valence electrons. The van der Waals surface area contributed by atoms with Crippen LogP contribution in [0.25, 0.3) is 5.69 Å². The number of ether oxygens (including phenoxy) is 3. The Balaban J connectivity index is 2.12. The fourth-order valence-electron chi connectivity index (χ4n) is 3.31. The van der Waals surface area contributed by atoms with Crippen LogP contribution in [0.5, 0.6) is 0 Å². The van der Waals surface area contributed by atoms with Crippen LogP contribution in [0.1, 0.15) is 39.8 Å². The lowest BCUT2D eigenvalue weighted by atomic mass is 10.1. The van der Waals surface area contributed by atoms with Crippen molar-refractivity contribution < 1.29 is 23.8 Å². The summed E-state index contributed by atoms with van der Waals surface area (Å²) in [6.45, 7) is 4.65. The molecule has 0 bridgehead atoms. The molecule has 0 spiro atoms. The SMILES string of the molecule is CCCOC(=O)c1cc(-n2cc(C#N)c(N)c2C(=O)OC)ccc1N1CCOCC1. The van der Waals surface area contributed by atoms with Crippen LogP contribution < -0.4 is 10.6 Å². The Morgan fingerprint density at radius 2 is 2.00 bits per heavy atom. The topological polar surface area (TPSA) is 120 Å². The Bertz CT molecular complexity index is 986. The van der Waals surface area contributed by atoms with E-state index in [2.05, 4.69) is 4.90 Å². The predicted octanol–water partition coefficient (Wildman–Crippen LogP) is 2.12. The monoisotopic (exact) mass is 412 g/mol. The standard InChI is InChI=1S/C21H24N4O5/c1-3-8-30-20(26)16-11-15(4-5-17(16)24-6-9-29-10-7-24)25-13-14(12-22)18(23)19(25)21(27)28-2/h4-5,11,13H,3,6-10,23H2,1-2H3. The van der Waals surface area contributed by atoms with Gasteiger partial charge in [-0.15, -0.1) is 0 Å². The smallest absolute Gasteiger partial charge is 0.357 e. The van der Waals surface area contributed by atoms with Crippen molar-refractivity contribution in [3.05, 3.63) is 41.2 Å². The molecule has 2 N–H and O–H groups in total. The third-order valence-electron chi connectivity index (χ3n) is 4.81. The largest absolute Gasteiger partial charge is 0.464 e. The first kappa shape index (κ1) is 21.2. The summed E-state index contributed by atoms with van der Waals surface area (Å²) in [4.78, 5) is 27.1. The van der Waals surface area contributed by atoms with Gasteiger partial charge in [-0.3, -0.25) is 0 Å². The van der Waals surface area contributed by atoms with E-state index in [1.54, 1.807) is 18.2 Å². The van der Waals surface area contributed by atoms with Crippen molar-refractivity contribution in [1.29, 1.82) is 5.26 Å². The maximum atomic E-state index is 12.8. The fourth-order valence-corrected chi connectivity index (χ4v) is 3.31. The van der Waals surface area contributed by atoms with Crippen LogP contribution >= 0.6 is 0 Å². The molecule has 30 heavy (non-hydrogen) atoms. The molecule has 0 radical (unpaired) electrons. The van der Waals surface area contributed by atoms with Gasteiger partial charge in [0.25, 0.3) is 0 Å². The molecule has 0 unspecified atom stereocenters. The minimum absolute atomic E-state index is 0.0247. The number of carbonyl (C=O) groups excluding carboxylic acids is 2. The van der Waals surface area contributed by atoms with Gasteiger partial charge in [0.1, 0.15) is 6.07 Å². The maximum absolute atomic E-state index is 12.8. The number of aromatic nitrogens is 1. The molecule has 1 aromatic carbocycles. The van der Waals surface area contributed by atoms with E-state index in [4.69, 9.17) is 19.9 Å². The highest BCUT2D eigenvalue weighted by Gasteiger charge is 2.25. The molecule has 1 aliphatic heterocycles. The van der Waals surface area contributed by atoms with Gasteiger partial charge in [-0.25, -0.2) is 9.59 Å². The lowest BCUT2D eigenvalue weighted by Gasteiger charge is -2.30. The van der Waals surface area contributed by atoms with E-state index in [1.807, 2.05) is 13.0 Å². The van der Waals surface area contributed by atoms with E-state index in [9.17, 15) is 14.9 Å². The van der Waals surface area contributed by atoms with Gasteiger partial charge < -0.3 is 29.4 Å².